The smallest absolute Gasteiger partial charge is 0.329 e. The summed E-state index contributed by atoms with van der Waals surface area (Å²) in [5.74, 6) is -12.2. The monoisotopic (exact) mass is 996 g/mol. The van der Waals surface area contributed by atoms with Crippen LogP contribution in [-0.2, 0) is 52.0 Å². The van der Waals surface area contributed by atoms with Gasteiger partial charge in [0.05, 0.1) is 28.5 Å². The highest BCUT2D eigenvalue weighted by Gasteiger charge is 2.53. The van der Waals surface area contributed by atoms with E-state index >= 15 is 0 Å². The van der Waals surface area contributed by atoms with Crippen molar-refractivity contribution in [3.63, 3.8) is 0 Å². The predicted molar refractivity (Wildman–Crippen MR) is 268 cm³/mol. The fourth-order valence-corrected chi connectivity index (χ4v) is 10.9. The summed E-state index contributed by atoms with van der Waals surface area (Å²) < 4.78 is 115. The third kappa shape index (κ3) is 16.2. The number of nitrogens with zero attached hydrogens (tertiary/aromatic N) is 1. The SMILES string of the molecule is [2H]C([2H])([2H])O[C@H]1C[C@@H]2CC([2H])([2H])[C@@H](C)[C@@](O)(O2)C(=O)C(=O)N2CCCC[C@H]2C(=O)O[C@H]([C@H](C)C[C@@H]2CC[C@@H](OP(C)(C)=O)[C@H](OC)C2)CC(=O)[C@H](C([2H])([2H])[2H])/C=C(\C)[C@@H](O)[C@@H](OC)C(=C)[C@H](C)C[C@H](C)/C=C/C=CC=C1C. The van der Waals surface area contributed by atoms with Crippen molar-refractivity contribution < 1.29 is 73.1 Å². The second-order valence-corrected chi connectivity index (χ2v) is 23.0. The molecule has 0 aromatic carbocycles. The van der Waals surface area contributed by atoms with E-state index in [1.807, 2.05) is 19.9 Å². The average Bonchev–Trinajstić information content (AvgIpc) is 3.32. The zero-order chi connectivity index (χ0) is 58.2. The van der Waals surface area contributed by atoms with Gasteiger partial charge in [-0.05, 0) is 118 Å². The molecule has 4 aliphatic rings. The van der Waals surface area contributed by atoms with Crippen LogP contribution in [-0.4, -0.2) is 134 Å². The van der Waals surface area contributed by atoms with Crippen LogP contribution in [0.5, 0.6) is 0 Å². The summed E-state index contributed by atoms with van der Waals surface area (Å²) in [4.78, 5) is 59.3. The molecule has 1 amide bonds. The first-order valence-electron chi connectivity index (χ1n) is 28.6. The number of amides is 1. The Bertz CT molecular complexity index is 2250. The molecule has 2 bridgehead atoms. The summed E-state index contributed by atoms with van der Waals surface area (Å²) in [6, 6.07) is -1.44. The topological polar surface area (TPSA) is 184 Å². The minimum Gasteiger partial charge on any atom is -0.460 e. The van der Waals surface area contributed by atoms with E-state index < -0.39 is 136 Å². The highest BCUT2D eigenvalue weighted by atomic mass is 31.2. The molecule has 0 radical (unpaired) electrons. The van der Waals surface area contributed by atoms with E-state index in [-0.39, 0.29) is 42.7 Å². The number of hydrogen-bond donors (Lipinski definition) is 2. The number of esters is 1. The van der Waals surface area contributed by atoms with Crippen LogP contribution in [0.15, 0.2) is 59.8 Å². The van der Waals surface area contributed by atoms with Crippen molar-refractivity contribution in [1.82, 2.24) is 4.90 Å². The van der Waals surface area contributed by atoms with Gasteiger partial charge in [0.1, 0.15) is 30.1 Å². The van der Waals surface area contributed by atoms with Crippen LogP contribution in [0.1, 0.15) is 136 Å². The molecule has 390 valence electrons. The van der Waals surface area contributed by atoms with Gasteiger partial charge in [0.2, 0.25) is 5.79 Å². The molecule has 1 aliphatic carbocycles. The fraction of sp³-hybridized carbons (Fsp3) is 0.741. The Morgan fingerprint density at radius 1 is 0.971 bits per heavy atom. The molecule has 0 unspecified atom stereocenters. The molecule has 69 heavy (non-hydrogen) atoms. The highest BCUT2D eigenvalue weighted by Crippen LogP contribution is 2.45. The first-order valence-corrected chi connectivity index (χ1v) is 27.1. The van der Waals surface area contributed by atoms with E-state index in [9.17, 15) is 34.0 Å². The Hall–Kier alpha value is -3.07. The normalized spacial score (nSPS) is 40.6. The molecule has 2 N–H and O–H groups in total. The van der Waals surface area contributed by atoms with Crippen LogP contribution >= 0.6 is 7.37 Å². The highest BCUT2D eigenvalue weighted by molar-refractivity contribution is 7.57. The fourth-order valence-electron chi connectivity index (χ4n) is 10.1. The van der Waals surface area contributed by atoms with Crippen LogP contribution < -0.4 is 0 Å². The molecule has 15 atom stereocenters. The van der Waals surface area contributed by atoms with Gasteiger partial charge in [0, 0.05) is 72.7 Å². The van der Waals surface area contributed by atoms with Gasteiger partial charge >= 0.3 is 5.97 Å². The molecule has 14 nitrogen and oxygen atoms in total. The average molecular weight is 996 g/mol. The lowest BCUT2D eigenvalue weighted by Crippen LogP contribution is -2.61. The Kier molecular flexibility index (Phi) is 18.1. The van der Waals surface area contributed by atoms with Crippen molar-refractivity contribution in [2.75, 3.05) is 41.1 Å². The molecule has 2 saturated heterocycles. The number of rotatable bonds is 8. The van der Waals surface area contributed by atoms with Crippen molar-refractivity contribution in [3.05, 3.63) is 59.8 Å². The number of fused-ring (bicyclic) bond motifs is 3. The van der Waals surface area contributed by atoms with Crippen molar-refractivity contribution in [3.8, 4) is 0 Å². The number of aliphatic hydroxyl groups excluding tert-OH is 1. The molecule has 0 aromatic heterocycles. The van der Waals surface area contributed by atoms with Crippen molar-refractivity contribution in [2.45, 2.75) is 180 Å². The number of Topliss-reactive ketones (excluding diaryl/α,β-unsaturated/α-hetero) is 2. The summed E-state index contributed by atoms with van der Waals surface area (Å²) in [5.41, 5.74) is 1.05. The Labute approximate surface area is 424 Å². The largest absolute Gasteiger partial charge is 0.460 e. The van der Waals surface area contributed by atoms with Crippen LogP contribution in [0, 0.1) is 35.5 Å². The molecule has 1 saturated carbocycles. The molecule has 3 fully saturated rings. The lowest BCUT2D eigenvalue weighted by Gasteiger charge is -2.42. The van der Waals surface area contributed by atoms with Gasteiger partial charge in [-0.25, -0.2) is 4.79 Å². The van der Waals surface area contributed by atoms with E-state index in [0.29, 0.717) is 56.1 Å². The third-order valence-electron chi connectivity index (χ3n) is 14.3. The maximum atomic E-state index is 14.7. The van der Waals surface area contributed by atoms with Crippen LogP contribution in [0.25, 0.3) is 0 Å². The first-order chi connectivity index (χ1) is 35.5. The predicted octanol–water partition coefficient (Wildman–Crippen LogP) is 8.73. The number of methoxy groups -OCH3 is 3. The standard InChI is InChI=1S/C54H86NO13P/c1-33-19-15-14-16-20-34(2)46(63-9)31-42-24-22-39(7)54(61,67-42)51(58)52(59)55-26-18-17-21-43(55)53(60)66-47(37(5)29-41-23-25-45(48(30-41)64-10)68-69(12,13)62)32-44(56)36(4)28-38(6)49(57)50(65-11)40(8)35(3)27-33/h14-16,19-20,28,33,35-37,39,41-43,45-50,57,61H,8,17-18,21-27,29-32H2,1-7,9-13H3/b16-14?,19-15+,34-20?,38-28+/t33-,35-,36-,37-,39-,41+,42+,43+,45-,46+,47+,48-,49-,50+,54-/m1/s1/i4D3,9D3,22D2. The van der Waals surface area contributed by atoms with Gasteiger partial charge in [-0.15, -0.1) is 0 Å². The van der Waals surface area contributed by atoms with E-state index in [1.165, 1.54) is 47.5 Å². The number of ether oxygens (including phenoxy) is 5. The summed E-state index contributed by atoms with van der Waals surface area (Å²) in [5, 5.41) is 23.9. The first kappa shape index (κ1) is 47.0. The number of carbonyl (C=O) groups is 4. The molecule has 15 heteroatoms. The van der Waals surface area contributed by atoms with E-state index in [1.54, 1.807) is 38.2 Å². The second kappa shape index (κ2) is 26.6. The number of aliphatic hydroxyl groups is 2. The number of piperidine rings is 1. The van der Waals surface area contributed by atoms with Crippen molar-refractivity contribution >= 4 is 30.8 Å². The summed E-state index contributed by atoms with van der Waals surface area (Å²) in [6.07, 6.45) is 2.24. The van der Waals surface area contributed by atoms with Crippen LogP contribution in [0.2, 0.25) is 0 Å². The van der Waals surface area contributed by atoms with Gasteiger partial charge in [-0.3, -0.25) is 18.9 Å². The number of allylic oxidation sites excluding steroid dienone is 6. The minimum atomic E-state index is -3.09. The quantitative estimate of drug-likeness (QED) is 0.102. The number of hydrogen-bond acceptors (Lipinski definition) is 13. The van der Waals surface area contributed by atoms with E-state index in [0.717, 1.165) is 4.90 Å². The zero-order valence-corrected chi connectivity index (χ0v) is 43.4. The Morgan fingerprint density at radius 2 is 1.71 bits per heavy atom. The minimum absolute atomic E-state index is 0.00533. The zero-order valence-electron chi connectivity index (χ0n) is 50.5. The molecular weight excluding hydrogens is 902 g/mol. The Morgan fingerprint density at radius 3 is 2.38 bits per heavy atom. The van der Waals surface area contributed by atoms with Crippen molar-refractivity contribution in [1.29, 1.82) is 0 Å². The molecule has 0 spiro atoms. The number of carbonyl (C=O) groups excluding carboxylic acids is 4. The molecule has 3 heterocycles. The third-order valence-corrected chi connectivity index (χ3v) is 15.1. The Balaban J connectivity index is 1.83. The van der Waals surface area contributed by atoms with Gasteiger partial charge in [-0.1, -0.05) is 77.6 Å². The lowest BCUT2D eigenvalue weighted by molar-refractivity contribution is -0.265. The maximum absolute atomic E-state index is 14.7. The van der Waals surface area contributed by atoms with Gasteiger partial charge in [0.25, 0.3) is 11.7 Å². The van der Waals surface area contributed by atoms with Gasteiger partial charge in [-0.2, -0.15) is 0 Å². The van der Waals surface area contributed by atoms with E-state index in [2.05, 4.69) is 6.58 Å². The molecular formula is C54H86NO13P. The van der Waals surface area contributed by atoms with Crippen LogP contribution in [0.4, 0.5) is 0 Å². The number of cyclic esters (lactones) is 1. The van der Waals surface area contributed by atoms with Crippen LogP contribution in [0.3, 0.4) is 0 Å². The lowest BCUT2D eigenvalue weighted by atomic mass is 9.78. The molecule has 3 aliphatic heterocycles. The van der Waals surface area contributed by atoms with Gasteiger partial charge < -0.3 is 43.3 Å². The van der Waals surface area contributed by atoms with Gasteiger partial charge in [0.15, 0.2) is 7.37 Å². The second-order valence-electron chi connectivity index (χ2n) is 20.3. The molecule has 0 aromatic rings. The molecule has 4 rings (SSSR count). The summed E-state index contributed by atoms with van der Waals surface area (Å²) in [6.45, 7) is 14.2. The summed E-state index contributed by atoms with van der Waals surface area (Å²) >= 11 is 0. The number of ketones is 2. The van der Waals surface area contributed by atoms with Crippen molar-refractivity contribution in [2.24, 2.45) is 35.5 Å². The summed E-state index contributed by atoms with van der Waals surface area (Å²) in [7, 11) is -2.89. The maximum Gasteiger partial charge on any atom is 0.329 e. The van der Waals surface area contributed by atoms with E-state index in [4.69, 9.17) is 39.2 Å².